The normalized spacial score (nSPS) is 14.0. The van der Waals surface area contributed by atoms with E-state index in [1.54, 1.807) is 0 Å². The van der Waals surface area contributed by atoms with Gasteiger partial charge in [-0.25, -0.2) is 4.98 Å². The van der Waals surface area contributed by atoms with Crippen LogP contribution in [0.1, 0.15) is 12.5 Å². The predicted octanol–water partition coefficient (Wildman–Crippen LogP) is 3.48. The molecule has 0 fully saturated rings. The summed E-state index contributed by atoms with van der Waals surface area (Å²) in [5.41, 5.74) is 1.96. The van der Waals surface area contributed by atoms with Crippen LogP contribution in [0.15, 0.2) is 42.5 Å². The molecule has 2 aromatic carbocycles. The van der Waals surface area contributed by atoms with Gasteiger partial charge in [-0.3, -0.25) is 9.69 Å². The van der Waals surface area contributed by atoms with Gasteiger partial charge in [-0.1, -0.05) is 29.5 Å². The Morgan fingerprint density at radius 1 is 1.27 bits per heavy atom. The van der Waals surface area contributed by atoms with Crippen LogP contribution >= 0.6 is 11.3 Å². The van der Waals surface area contributed by atoms with Gasteiger partial charge in [0.2, 0.25) is 12.7 Å². The minimum absolute atomic E-state index is 0.0766. The largest absolute Gasteiger partial charge is 0.454 e. The fourth-order valence-corrected chi connectivity index (χ4v) is 3.67. The highest BCUT2D eigenvalue weighted by molar-refractivity contribution is 7.22. The van der Waals surface area contributed by atoms with E-state index in [9.17, 15) is 4.79 Å². The van der Waals surface area contributed by atoms with Gasteiger partial charge in [-0.15, -0.1) is 0 Å². The van der Waals surface area contributed by atoms with Gasteiger partial charge in [0.1, 0.15) is 0 Å². The quantitative estimate of drug-likeness (QED) is 0.746. The summed E-state index contributed by atoms with van der Waals surface area (Å²) in [6.45, 7) is 2.77. The molecule has 1 N–H and O–H groups in total. The summed E-state index contributed by atoms with van der Waals surface area (Å²) in [4.78, 5) is 19.0. The molecule has 0 spiro atoms. The molecule has 0 bridgehead atoms. The van der Waals surface area contributed by atoms with Crippen LogP contribution in [-0.2, 0) is 11.3 Å². The van der Waals surface area contributed by atoms with E-state index in [2.05, 4.69) is 10.3 Å². The summed E-state index contributed by atoms with van der Waals surface area (Å²) in [6, 6.07) is 13.4. The zero-order valence-corrected chi connectivity index (χ0v) is 15.4. The number of hydrogen-bond donors (Lipinski definition) is 1. The summed E-state index contributed by atoms with van der Waals surface area (Å²) < 4.78 is 11.8. The Morgan fingerprint density at radius 2 is 2.08 bits per heavy atom. The minimum atomic E-state index is -0.299. The van der Waals surface area contributed by atoms with E-state index in [1.807, 2.05) is 61.3 Å². The number of fused-ring (bicyclic) bond motifs is 2. The third-order valence-corrected chi connectivity index (χ3v) is 5.39. The van der Waals surface area contributed by atoms with Crippen LogP contribution in [0.4, 0.5) is 5.13 Å². The Kier molecular flexibility index (Phi) is 4.48. The molecule has 0 radical (unpaired) electrons. The van der Waals surface area contributed by atoms with Crippen LogP contribution < -0.4 is 14.8 Å². The fraction of sp³-hybridized carbons (Fsp3) is 0.263. The summed E-state index contributed by atoms with van der Waals surface area (Å²) in [7, 11) is 1.92. The summed E-state index contributed by atoms with van der Waals surface area (Å²) in [5.74, 6) is 1.44. The van der Waals surface area contributed by atoms with Crippen LogP contribution in [0.2, 0.25) is 0 Å². The van der Waals surface area contributed by atoms with Crippen molar-refractivity contribution in [3.8, 4) is 11.5 Å². The fourth-order valence-electron chi connectivity index (χ4n) is 2.80. The summed E-state index contributed by atoms with van der Waals surface area (Å²) in [6.07, 6.45) is 0. The van der Waals surface area contributed by atoms with Gasteiger partial charge in [-0.05, 0) is 43.8 Å². The van der Waals surface area contributed by atoms with E-state index < -0.39 is 0 Å². The number of likely N-dealkylation sites (N-methyl/N-ethyl adjacent to an activating group) is 1. The number of amides is 1. The highest BCUT2D eigenvalue weighted by Crippen LogP contribution is 2.33. The van der Waals surface area contributed by atoms with Gasteiger partial charge in [0.05, 0.1) is 16.3 Å². The Hall–Kier alpha value is -2.64. The molecule has 26 heavy (non-hydrogen) atoms. The van der Waals surface area contributed by atoms with E-state index in [0.717, 1.165) is 27.3 Å². The molecule has 0 saturated heterocycles. The summed E-state index contributed by atoms with van der Waals surface area (Å²) in [5, 5.41) is 3.55. The minimum Gasteiger partial charge on any atom is -0.454 e. The van der Waals surface area contributed by atoms with Gasteiger partial charge < -0.3 is 14.8 Å². The standard InChI is InChI=1S/C19H19N3O3S/c1-12(18(23)21-19-20-14-5-3-4-6-17(14)26-19)22(2)10-13-7-8-15-16(9-13)25-11-24-15/h3-9,12H,10-11H2,1-2H3,(H,20,21,23). The SMILES string of the molecule is CC(C(=O)Nc1nc2ccccc2s1)N(C)Cc1ccc2c(c1)OCO2. The van der Waals surface area contributed by atoms with E-state index in [-0.39, 0.29) is 18.7 Å². The van der Waals surface area contributed by atoms with Crippen molar-refractivity contribution in [2.45, 2.75) is 19.5 Å². The topological polar surface area (TPSA) is 63.7 Å². The zero-order chi connectivity index (χ0) is 18.1. The average Bonchev–Trinajstić information content (AvgIpc) is 3.26. The van der Waals surface area contributed by atoms with Crippen molar-refractivity contribution in [3.05, 3.63) is 48.0 Å². The molecule has 2 heterocycles. The number of nitrogens with zero attached hydrogens (tertiary/aromatic N) is 2. The van der Waals surface area contributed by atoms with Gasteiger partial charge in [0.15, 0.2) is 16.6 Å². The molecule has 1 aliphatic rings. The monoisotopic (exact) mass is 369 g/mol. The second kappa shape index (κ2) is 6.93. The number of nitrogens with one attached hydrogen (secondary N) is 1. The molecule has 4 rings (SSSR count). The maximum absolute atomic E-state index is 12.6. The Bertz CT molecular complexity index is 923. The van der Waals surface area contributed by atoms with Crippen LogP contribution in [0.5, 0.6) is 11.5 Å². The lowest BCUT2D eigenvalue weighted by Crippen LogP contribution is -2.39. The number of anilines is 1. The second-order valence-electron chi connectivity index (χ2n) is 6.25. The van der Waals surface area contributed by atoms with E-state index in [0.29, 0.717) is 11.7 Å². The number of carbonyl (C=O) groups excluding carboxylic acids is 1. The third-order valence-electron chi connectivity index (χ3n) is 4.43. The van der Waals surface area contributed by atoms with Crippen LogP contribution in [0, 0.1) is 0 Å². The molecule has 6 nitrogen and oxygen atoms in total. The molecule has 0 aliphatic carbocycles. The van der Waals surface area contributed by atoms with Crippen molar-refractivity contribution in [2.24, 2.45) is 0 Å². The number of aromatic nitrogens is 1. The van der Waals surface area contributed by atoms with Crippen LogP contribution in [-0.4, -0.2) is 35.7 Å². The van der Waals surface area contributed by atoms with Crippen molar-refractivity contribution < 1.29 is 14.3 Å². The van der Waals surface area contributed by atoms with Crippen molar-refractivity contribution in [2.75, 3.05) is 19.2 Å². The predicted molar refractivity (Wildman–Crippen MR) is 102 cm³/mol. The molecule has 134 valence electrons. The zero-order valence-electron chi connectivity index (χ0n) is 14.6. The third kappa shape index (κ3) is 3.36. The maximum Gasteiger partial charge on any atom is 0.243 e. The number of rotatable bonds is 5. The number of hydrogen-bond acceptors (Lipinski definition) is 6. The lowest BCUT2D eigenvalue weighted by Gasteiger charge is -2.23. The molecule has 1 unspecified atom stereocenters. The Labute approximate surface area is 155 Å². The van der Waals surface area contributed by atoms with Gasteiger partial charge >= 0.3 is 0 Å². The number of benzene rings is 2. The number of ether oxygens (including phenoxy) is 2. The first kappa shape index (κ1) is 16.8. The molecule has 3 aromatic rings. The van der Waals surface area contributed by atoms with Crippen molar-refractivity contribution >= 4 is 32.6 Å². The van der Waals surface area contributed by atoms with Crippen molar-refractivity contribution in [1.82, 2.24) is 9.88 Å². The number of carbonyl (C=O) groups is 1. The number of thiazole rings is 1. The molecule has 1 atom stereocenters. The molecule has 1 aliphatic heterocycles. The highest BCUT2D eigenvalue weighted by atomic mass is 32.1. The Balaban J connectivity index is 1.40. The van der Waals surface area contributed by atoms with E-state index >= 15 is 0 Å². The van der Waals surface area contributed by atoms with E-state index in [1.165, 1.54) is 11.3 Å². The van der Waals surface area contributed by atoms with Crippen LogP contribution in [0.3, 0.4) is 0 Å². The second-order valence-corrected chi connectivity index (χ2v) is 7.29. The van der Waals surface area contributed by atoms with Gasteiger partial charge in [0.25, 0.3) is 0 Å². The molecule has 1 aromatic heterocycles. The van der Waals surface area contributed by atoms with Crippen molar-refractivity contribution in [3.63, 3.8) is 0 Å². The van der Waals surface area contributed by atoms with Crippen molar-refractivity contribution in [1.29, 1.82) is 0 Å². The summed E-state index contributed by atoms with van der Waals surface area (Å²) >= 11 is 1.48. The molecular weight excluding hydrogens is 350 g/mol. The molecule has 1 amide bonds. The van der Waals surface area contributed by atoms with Gasteiger partial charge in [-0.2, -0.15) is 0 Å². The van der Waals surface area contributed by atoms with E-state index in [4.69, 9.17) is 9.47 Å². The lowest BCUT2D eigenvalue weighted by atomic mass is 10.1. The Morgan fingerprint density at radius 3 is 2.92 bits per heavy atom. The van der Waals surface area contributed by atoms with Crippen LogP contribution in [0.25, 0.3) is 10.2 Å². The first-order valence-electron chi connectivity index (χ1n) is 8.35. The molecule has 0 saturated carbocycles. The first-order chi connectivity index (χ1) is 12.6. The average molecular weight is 369 g/mol. The van der Waals surface area contributed by atoms with Gasteiger partial charge in [0, 0.05) is 6.54 Å². The smallest absolute Gasteiger partial charge is 0.243 e. The lowest BCUT2D eigenvalue weighted by molar-refractivity contribution is -0.120. The highest BCUT2D eigenvalue weighted by Gasteiger charge is 2.21. The first-order valence-corrected chi connectivity index (χ1v) is 9.17. The molecule has 7 heteroatoms. The molecular formula is C19H19N3O3S. The number of para-hydroxylation sites is 1. The maximum atomic E-state index is 12.6.